The summed E-state index contributed by atoms with van der Waals surface area (Å²) in [4.78, 5) is 0.0902. The molecule has 0 radical (unpaired) electrons. The summed E-state index contributed by atoms with van der Waals surface area (Å²) in [7, 11) is -3.73. The van der Waals surface area contributed by atoms with Crippen molar-refractivity contribution in [1.82, 2.24) is 0 Å². The number of sulfonamides is 1. The molecule has 2 aromatic rings. The maximum absolute atomic E-state index is 12.5. The Morgan fingerprint density at radius 3 is 2.62 bits per heavy atom. The lowest BCUT2D eigenvalue weighted by Gasteiger charge is -2.10. The lowest BCUT2D eigenvalue weighted by Crippen LogP contribution is -2.14. The smallest absolute Gasteiger partial charge is 0.263 e. The topological polar surface area (TPSA) is 66.4 Å². The third-order valence-corrected chi connectivity index (χ3v) is 4.19. The van der Waals surface area contributed by atoms with Crippen molar-refractivity contribution in [2.75, 3.05) is 11.3 Å². The number of aliphatic hydroxyl groups is 1. The largest absolute Gasteiger partial charge is 0.384 e. The Labute approximate surface area is 124 Å². The van der Waals surface area contributed by atoms with Gasteiger partial charge in [0.2, 0.25) is 0 Å². The van der Waals surface area contributed by atoms with E-state index in [4.69, 9.17) is 5.11 Å². The Morgan fingerprint density at radius 1 is 1.14 bits per heavy atom. The van der Waals surface area contributed by atoms with Crippen LogP contribution in [-0.2, 0) is 10.0 Å². The molecule has 2 rings (SSSR count). The summed E-state index contributed by atoms with van der Waals surface area (Å²) >= 11 is 0. The van der Waals surface area contributed by atoms with Crippen LogP contribution in [0.4, 0.5) is 5.69 Å². The lowest BCUT2D eigenvalue weighted by atomic mass is 10.2. The fraction of sp³-hybridized carbons (Fsp3) is 0.125. The van der Waals surface area contributed by atoms with Crippen molar-refractivity contribution >= 4 is 15.7 Å². The van der Waals surface area contributed by atoms with Crippen molar-refractivity contribution in [3.8, 4) is 11.8 Å². The predicted molar refractivity (Wildman–Crippen MR) is 82.4 cm³/mol. The minimum absolute atomic E-state index is 0.0902. The Hall–Kier alpha value is -2.29. The quantitative estimate of drug-likeness (QED) is 0.854. The van der Waals surface area contributed by atoms with Gasteiger partial charge in [0.05, 0.1) is 0 Å². The van der Waals surface area contributed by atoms with Gasteiger partial charge in [0.25, 0.3) is 10.0 Å². The standard InChI is InChI=1S/C16H15NO3S/c1-13-6-4-9-15(12-13)17-21(19,20)16-10-3-2-7-14(16)8-5-11-18/h2-4,6-7,9-10,12,17-18H,11H2,1H3. The highest BCUT2D eigenvalue weighted by molar-refractivity contribution is 7.92. The second-order valence-electron chi connectivity index (χ2n) is 4.43. The van der Waals surface area contributed by atoms with Crippen molar-refractivity contribution in [2.24, 2.45) is 0 Å². The van der Waals surface area contributed by atoms with E-state index < -0.39 is 10.0 Å². The molecule has 0 atom stereocenters. The fourth-order valence-electron chi connectivity index (χ4n) is 1.86. The van der Waals surface area contributed by atoms with Crippen LogP contribution in [0.2, 0.25) is 0 Å². The third-order valence-electron chi connectivity index (χ3n) is 2.75. The van der Waals surface area contributed by atoms with Crippen LogP contribution in [0.1, 0.15) is 11.1 Å². The summed E-state index contributed by atoms with van der Waals surface area (Å²) in [6.45, 7) is 1.57. The van der Waals surface area contributed by atoms with Gasteiger partial charge in [-0.25, -0.2) is 8.42 Å². The van der Waals surface area contributed by atoms with Crippen LogP contribution >= 0.6 is 0 Å². The van der Waals surface area contributed by atoms with E-state index in [0.717, 1.165) is 5.56 Å². The molecule has 5 heteroatoms. The molecule has 4 nitrogen and oxygen atoms in total. The molecule has 0 saturated carbocycles. The van der Waals surface area contributed by atoms with Gasteiger partial charge >= 0.3 is 0 Å². The molecule has 0 aromatic heterocycles. The first kappa shape index (κ1) is 15.1. The zero-order chi connectivity index (χ0) is 15.3. The summed E-state index contributed by atoms with van der Waals surface area (Å²) in [6.07, 6.45) is 0. The first-order valence-electron chi connectivity index (χ1n) is 6.31. The molecular formula is C16H15NO3S. The Balaban J connectivity index is 2.40. The van der Waals surface area contributed by atoms with Crippen LogP contribution in [0.3, 0.4) is 0 Å². The number of aryl methyl sites for hydroxylation is 1. The minimum atomic E-state index is -3.73. The van der Waals surface area contributed by atoms with E-state index in [2.05, 4.69) is 16.6 Å². The number of hydrogen-bond acceptors (Lipinski definition) is 3. The molecule has 0 heterocycles. The second kappa shape index (κ2) is 6.44. The molecule has 0 amide bonds. The molecule has 0 aliphatic heterocycles. The average Bonchev–Trinajstić information content (AvgIpc) is 2.45. The molecule has 21 heavy (non-hydrogen) atoms. The first-order chi connectivity index (χ1) is 10.0. The van der Waals surface area contributed by atoms with E-state index in [1.54, 1.807) is 36.4 Å². The third kappa shape index (κ3) is 3.85. The normalized spacial score (nSPS) is 10.6. The number of benzene rings is 2. The summed E-state index contributed by atoms with van der Waals surface area (Å²) in [5.74, 6) is 5.11. The van der Waals surface area contributed by atoms with E-state index >= 15 is 0 Å². The summed E-state index contributed by atoms with van der Waals surface area (Å²) in [6, 6.07) is 13.5. The molecule has 0 unspecified atom stereocenters. The maximum atomic E-state index is 12.5. The van der Waals surface area contributed by atoms with Gasteiger partial charge in [-0.15, -0.1) is 0 Å². The molecular weight excluding hydrogens is 286 g/mol. The molecule has 0 saturated heterocycles. The lowest BCUT2D eigenvalue weighted by molar-refractivity contribution is 0.350. The van der Waals surface area contributed by atoms with Crippen LogP contribution < -0.4 is 4.72 Å². The molecule has 0 fully saturated rings. The highest BCUT2D eigenvalue weighted by Gasteiger charge is 2.17. The predicted octanol–water partition coefficient (Wildman–Crippen LogP) is 2.14. The van der Waals surface area contributed by atoms with Crippen LogP contribution in [0.5, 0.6) is 0 Å². The zero-order valence-corrected chi connectivity index (χ0v) is 12.3. The highest BCUT2D eigenvalue weighted by Crippen LogP contribution is 2.19. The number of anilines is 1. The van der Waals surface area contributed by atoms with Gasteiger partial charge in [0.1, 0.15) is 11.5 Å². The molecule has 0 aliphatic rings. The molecule has 0 aliphatic carbocycles. The van der Waals surface area contributed by atoms with Crippen molar-refractivity contribution in [2.45, 2.75) is 11.8 Å². The zero-order valence-electron chi connectivity index (χ0n) is 11.5. The van der Waals surface area contributed by atoms with Gasteiger partial charge in [-0.05, 0) is 36.8 Å². The monoisotopic (exact) mass is 301 g/mol. The van der Waals surface area contributed by atoms with Gasteiger partial charge in [-0.1, -0.05) is 36.1 Å². The SMILES string of the molecule is Cc1cccc(NS(=O)(=O)c2ccccc2C#CCO)c1. The highest BCUT2D eigenvalue weighted by atomic mass is 32.2. The van der Waals surface area contributed by atoms with Crippen molar-refractivity contribution < 1.29 is 13.5 Å². The van der Waals surface area contributed by atoms with Crippen LogP contribution in [0.15, 0.2) is 53.4 Å². The van der Waals surface area contributed by atoms with Gasteiger partial charge in [-0.2, -0.15) is 0 Å². The van der Waals surface area contributed by atoms with E-state index in [9.17, 15) is 8.42 Å². The van der Waals surface area contributed by atoms with Crippen molar-refractivity contribution in [3.63, 3.8) is 0 Å². The van der Waals surface area contributed by atoms with Crippen molar-refractivity contribution in [3.05, 3.63) is 59.7 Å². The molecule has 2 N–H and O–H groups in total. The van der Waals surface area contributed by atoms with Gasteiger partial charge in [0.15, 0.2) is 0 Å². The molecule has 108 valence electrons. The van der Waals surface area contributed by atoms with Crippen LogP contribution in [-0.4, -0.2) is 20.1 Å². The van der Waals surface area contributed by atoms with Gasteiger partial charge < -0.3 is 5.11 Å². The number of aliphatic hydroxyl groups excluding tert-OH is 1. The van der Waals surface area contributed by atoms with E-state index in [0.29, 0.717) is 11.3 Å². The number of rotatable bonds is 3. The summed E-state index contributed by atoms with van der Waals surface area (Å²) < 4.78 is 27.4. The second-order valence-corrected chi connectivity index (χ2v) is 6.08. The van der Waals surface area contributed by atoms with E-state index in [1.165, 1.54) is 6.07 Å². The number of hydrogen-bond donors (Lipinski definition) is 2. The molecule has 0 bridgehead atoms. The first-order valence-corrected chi connectivity index (χ1v) is 7.79. The van der Waals surface area contributed by atoms with Crippen LogP contribution in [0.25, 0.3) is 0 Å². The van der Waals surface area contributed by atoms with Gasteiger partial charge in [0, 0.05) is 11.3 Å². The maximum Gasteiger partial charge on any atom is 0.263 e. The Morgan fingerprint density at radius 2 is 1.90 bits per heavy atom. The number of nitrogens with one attached hydrogen (secondary N) is 1. The molecule has 2 aromatic carbocycles. The molecule has 0 spiro atoms. The minimum Gasteiger partial charge on any atom is -0.384 e. The Kier molecular flexibility index (Phi) is 4.63. The van der Waals surface area contributed by atoms with E-state index in [1.807, 2.05) is 13.0 Å². The van der Waals surface area contributed by atoms with Gasteiger partial charge in [-0.3, -0.25) is 4.72 Å². The van der Waals surface area contributed by atoms with Crippen molar-refractivity contribution in [1.29, 1.82) is 0 Å². The summed E-state index contributed by atoms with van der Waals surface area (Å²) in [5.41, 5.74) is 1.81. The van der Waals surface area contributed by atoms with Crippen LogP contribution in [0, 0.1) is 18.8 Å². The summed E-state index contributed by atoms with van der Waals surface area (Å²) in [5, 5.41) is 8.75. The Bertz CT molecular complexity index is 802. The fourth-order valence-corrected chi connectivity index (χ4v) is 3.07. The average molecular weight is 301 g/mol. The van der Waals surface area contributed by atoms with E-state index in [-0.39, 0.29) is 11.5 Å².